The van der Waals surface area contributed by atoms with Gasteiger partial charge in [-0.25, -0.2) is 0 Å². The second kappa shape index (κ2) is 5.21. The molecule has 94 valence electrons. The fraction of sp³-hybridized carbons (Fsp3) is 0.429. The minimum absolute atomic E-state index is 0.567. The molecule has 0 bridgehead atoms. The van der Waals surface area contributed by atoms with Crippen LogP contribution in [-0.4, -0.2) is 16.7 Å². The van der Waals surface area contributed by atoms with Gasteiger partial charge in [0.15, 0.2) is 0 Å². The van der Waals surface area contributed by atoms with Crippen molar-refractivity contribution in [1.29, 1.82) is 0 Å². The van der Waals surface area contributed by atoms with Crippen LogP contribution in [0.5, 0.6) is 0 Å². The quantitative estimate of drug-likeness (QED) is 0.894. The normalized spacial score (nSPS) is 16.0. The van der Waals surface area contributed by atoms with E-state index >= 15 is 0 Å². The molecule has 1 aromatic heterocycles. The Balaban J connectivity index is 1.60. The number of aromatic nitrogens is 2. The Morgan fingerprint density at radius 1 is 1.17 bits per heavy atom. The van der Waals surface area contributed by atoms with Crippen molar-refractivity contribution in [1.82, 2.24) is 10.2 Å². The maximum absolute atomic E-state index is 5.16. The van der Waals surface area contributed by atoms with Crippen molar-refractivity contribution in [3.63, 3.8) is 0 Å². The molecule has 0 spiro atoms. The van der Waals surface area contributed by atoms with Crippen molar-refractivity contribution >= 4 is 5.69 Å². The Morgan fingerprint density at radius 3 is 2.61 bits per heavy atom. The van der Waals surface area contributed by atoms with Gasteiger partial charge < -0.3 is 9.73 Å². The lowest BCUT2D eigenvalue weighted by atomic mass is 10.1. The molecule has 3 rings (SSSR count). The highest BCUT2D eigenvalue weighted by atomic mass is 16.4. The van der Waals surface area contributed by atoms with E-state index in [1.807, 2.05) is 12.1 Å². The van der Waals surface area contributed by atoms with Crippen molar-refractivity contribution in [3.8, 4) is 11.5 Å². The Hall–Kier alpha value is -1.84. The molecule has 1 saturated carbocycles. The van der Waals surface area contributed by atoms with Crippen LogP contribution in [0.4, 0.5) is 5.69 Å². The lowest BCUT2D eigenvalue weighted by Crippen LogP contribution is -2.10. The minimum atomic E-state index is 0.567. The highest BCUT2D eigenvalue weighted by Crippen LogP contribution is 2.25. The predicted octanol–water partition coefficient (Wildman–Crippen LogP) is 3.34. The molecule has 4 heteroatoms. The van der Waals surface area contributed by atoms with Gasteiger partial charge >= 0.3 is 0 Å². The van der Waals surface area contributed by atoms with Gasteiger partial charge in [0.2, 0.25) is 12.3 Å². The molecule has 1 fully saturated rings. The van der Waals surface area contributed by atoms with Crippen LogP contribution in [0.15, 0.2) is 35.1 Å². The van der Waals surface area contributed by atoms with Crippen molar-refractivity contribution in [3.05, 3.63) is 30.7 Å². The number of hydrogen-bond acceptors (Lipinski definition) is 4. The first kappa shape index (κ1) is 11.3. The van der Waals surface area contributed by atoms with E-state index in [0.29, 0.717) is 5.89 Å². The summed E-state index contributed by atoms with van der Waals surface area (Å²) in [6.45, 7) is 1.08. The maximum Gasteiger partial charge on any atom is 0.247 e. The predicted molar refractivity (Wildman–Crippen MR) is 70.2 cm³/mol. The molecule has 2 aromatic rings. The highest BCUT2D eigenvalue weighted by molar-refractivity contribution is 5.58. The van der Waals surface area contributed by atoms with Gasteiger partial charge in [0.1, 0.15) is 0 Å². The van der Waals surface area contributed by atoms with E-state index < -0.39 is 0 Å². The summed E-state index contributed by atoms with van der Waals surface area (Å²) >= 11 is 0. The molecule has 0 amide bonds. The van der Waals surface area contributed by atoms with Crippen molar-refractivity contribution < 1.29 is 4.42 Å². The molecule has 0 aliphatic heterocycles. The molecule has 1 aliphatic carbocycles. The van der Waals surface area contributed by atoms with Gasteiger partial charge in [-0.05, 0) is 43.0 Å². The van der Waals surface area contributed by atoms with Gasteiger partial charge in [-0.3, -0.25) is 0 Å². The molecule has 18 heavy (non-hydrogen) atoms. The van der Waals surface area contributed by atoms with Gasteiger partial charge in [0.25, 0.3) is 0 Å². The second-order valence-corrected chi connectivity index (χ2v) is 4.85. The van der Waals surface area contributed by atoms with Crippen molar-refractivity contribution in [2.45, 2.75) is 25.7 Å². The summed E-state index contributed by atoms with van der Waals surface area (Å²) in [5, 5.41) is 11.1. The Kier molecular flexibility index (Phi) is 3.26. The fourth-order valence-electron chi connectivity index (χ4n) is 2.51. The Bertz CT molecular complexity index is 472. The van der Waals surface area contributed by atoms with Crippen LogP contribution in [0.25, 0.3) is 11.5 Å². The van der Waals surface area contributed by atoms with Gasteiger partial charge in [0.05, 0.1) is 0 Å². The van der Waals surface area contributed by atoms with Crippen LogP contribution in [-0.2, 0) is 0 Å². The lowest BCUT2D eigenvalue weighted by Gasteiger charge is -2.11. The van der Waals surface area contributed by atoms with Gasteiger partial charge in [0, 0.05) is 17.8 Å². The zero-order valence-corrected chi connectivity index (χ0v) is 10.3. The van der Waals surface area contributed by atoms with E-state index in [2.05, 4.69) is 27.6 Å². The van der Waals surface area contributed by atoms with Gasteiger partial charge in [-0.1, -0.05) is 12.8 Å². The van der Waals surface area contributed by atoms with Gasteiger partial charge in [-0.2, -0.15) is 0 Å². The first-order chi connectivity index (χ1) is 8.92. The molecule has 4 nitrogen and oxygen atoms in total. The number of rotatable bonds is 4. The summed E-state index contributed by atoms with van der Waals surface area (Å²) in [6, 6.07) is 8.14. The van der Waals surface area contributed by atoms with E-state index in [4.69, 9.17) is 4.42 Å². The topological polar surface area (TPSA) is 51.0 Å². The summed E-state index contributed by atoms with van der Waals surface area (Å²) in [5.74, 6) is 1.41. The number of benzene rings is 1. The average molecular weight is 243 g/mol. The Morgan fingerprint density at radius 2 is 1.94 bits per heavy atom. The third-order valence-corrected chi connectivity index (χ3v) is 3.56. The first-order valence-corrected chi connectivity index (χ1v) is 6.52. The standard InChI is InChI=1S/C14H17N3O/c1-2-4-11(3-1)9-15-13-7-5-12(6-8-13)14-17-16-10-18-14/h5-8,10-11,15H,1-4,9H2. The molecule has 0 unspecified atom stereocenters. The van der Waals surface area contributed by atoms with Crippen LogP contribution < -0.4 is 5.32 Å². The lowest BCUT2D eigenvalue weighted by molar-refractivity contribution is 0.568. The molecule has 0 saturated heterocycles. The van der Waals surface area contributed by atoms with Crippen molar-refractivity contribution in [2.24, 2.45) is 5.92 Å². The first-order valence-electron chi connectivity index (χ1n) is 6.52. The zero-order valence-electron chi connectivity index (χ0n) is 10.3. The average Bonchev–Trinajstić information content (AvgIpc) is 3.10. The zero-order chi connectivity index (χ0) is 12.2. The molecule has 0 atom stereocenters. The molecular weight excluding hydrogens is 226 g/mol. The van der Waals surface area contributed by atoms with Crippen LogP contribution in [0.1, 0.15) is 25.7 Å². The van der Waals surface area contributed by atoms with Crippen LogP contribution >= 0.6 is 0 Å². The molecule has 1 N–H and O–H groups in total. The summed E-state index contributed by atoms with van der Waals surface area (Å²) in [5.41, 5.74) is 2.11. The van der Waals surface area contributed by atoms with Crippen molar-refractivity contribution in [2.75, 3.05) is 11.9 Å². The SMILES string of the molecule is c1nnc(-c2ccc(NCC3CCCC3)cc2)o1. The molecule has 0 radical (unpaired) electrons. The molecular formula is C14H17N3O. The Labute approximate surface area is 106 Å². The monoisotopic (exact) mass is 243 g/mol. The summed E-state index contributed by atoms with van der Waals surface area (Å²) in [6.07, 6.45) is 6.87. The molecule has 1 heterocycles. The minimum Gasteiger partial charge on any atom is -0.423 e. The summed E-state index contributed by atoms with van der Waals surface area (Å²) in [4.78, 5) is 0. The molecule has 1 aromatic carbocycles. The van der Waals surface area contributed by atoms with E-state index in [1.54, 1.807) is 0 Å². The maximum atomic E-state index is 5.16. The van der Waals surface area contributed by atoms with E-state index in [9.17, 15) is 0 Å². The van der Waals surface area contributed by atoms with Crippen LogP contribution in [0.2, 0.25) is 0 Å². The van der Waals surface area contributed by atoms with E-state index in [0.717, 1.165) is 23.7 Å². The second-order valence-electron chi connectivity index (χ2n) is 4.85. The van der Waals surface area contributed by atoms with Crippen LogP contribution in [0.3, 0.4) is 0 Å². The largest absolute Gasteiger partial charge is 0.423 e. The smallest absolute Gasteiger partial charge is 0.247 e. The van der Waals surface area contributed by atoms with E-state index in [1.165, 1.54) is 32.1 Å². The number of nitrogens with zero attached hydrogens (tertiary/aromatic N) is 2. The molecule has 1 aliphatic rings. The summed E-state index contributed by atoms with van der Waals surface area (Å²) in [7, 11) is 0. The van der Waals surface area contributed by atoms with Crippen LogP contribution in [0, 0.1) is 5.92 Å². The highest BCUT2D eigenvalue weighted by Gasteiger charge is 2.14. The van der Waals surface area contributed by atoms with E-state index in [-0.39, 0.29) is 0 Å². The fourth-order valence-corrected chi connectivity index (χ4v) is 2.51. The van der Waals surface area contributed by atoms with Gasteiger partial charge in [-0.15, -0.1) is 10.2 Å². The number of hydrogen-bond donors (Lipinski definition) is 1. The third kappa shape index (κ3) is 2.53. The number of nitrogens with one attached hydrogen (secondary N) is 1. The third-order valence-electron chi connectivity index (χ3n) is 3.56. The number of anilines is 1. The summed E-state index contributed by atoms with van der Waals surface area (Å²) < 4.78 is 5.16.